The lowest BCUT2D eigenvalue weighted by Gasteiger charge is -2.32. The quantitative estimate of drug-likeness (QED) is 0.615. The van der Waals surface area contributed by atoms with Gasteiger partial charge in [0.2, 0.25) is 5.91 Å². The molecule has 9 heteroatoms. The fourth-order valence-electron chi connectivity index (χ4n) is 4.58. The van der Waals surface area contributed by atoms with E-state index < -0.39 is 17.7 Å². The molecule has 4 rings (SSSR count). The van der Waals surface area contributed by atoms with E-state index in [4.69, 9.17) is 0 Å². The monoisotopic (exact) mass is 474 g/mol. The van der Waals surface area contributed by atoms with Crippen LogP contribution < -0.4 is 15.5 Å². The minimum absolute atomic E-state index is 0.170. The van der Waals surface area contributed by atoms with E-state index in [2.05, 4.69) is 10.6 Å². The predicted octanol–water partition coefficient (Wildman–Crippen LogP) is 5.50. The number of carbonyl (C=O) groups is 2. The first-order chi connectivity index (χ1) is 16.2. The first kappa shape index (κ1) is 23.9. The highest BCUT2D eigenvalue weighted by molar-refractivity contribution is 5.97. The second-order valence-corrected chi connectivity index (χ2v) is 9.00. The molecule has 182 valence electrons. The fraction of sp³-hybridized carbons (Fsp3) is 0.440. The van der Waals surface area contributed by atoms with Crippen LogP contribution in [0, 0.1) is 12.8 Å². The third kappa shape index (κ3) is 5.63. The molecule has 1 unspecified atom stereocenters. The summed E-state index contributed by atoms with van der Waals surface area (Å²) in [6.07, 6.45) is -1.37. The molecule has 2 aliphatic heterocycles. The number of likely N-dealkylation sites (tertiary alicyclic amines) is 1. The van der Waals surface area contributed by atoms with E-state index in [-0.39, 0.29) is 24.2 Å². The molecule has 1 atom stereocenters. The standard InChI is InChI=1S/C25H29F3N4O2/c1-17-6-4-8-20(14-17)29-24(34)32-13-5-7-18(16-32)23(33)30-21-15-19(25(26,27)28)9-10-22(21)31-11-2-3-12-31/h4,6,8-10,14-15,18H,2-3,5,7,11-13,16H2,1H3,(H,29,34)(H,30,33). The molecule has 2 fully saturated rings. The second kappa shape index (κ2) is 9.95. The van der Waals surface area contributed by atoms with Crippen molar-refractivity contribution in [3.8, 4) is 0 Å². The number of piperidine rings is 1. The molecule has 2 N–H and O–H groups in total. The summed E-state index contributed by atoms with van der Waals surface area (Å²) in [5.41, 5.74) is 1.67. The Morgan fingerprint density at radius 1 is 0.971 bits per heavy atom. The molecule has 2 aliphatic rings. The highest BCUT2D eigenvalue weighted by Crippen LogP contribution is 2.37. The number of alkyl halides is 3. The van der Waals surface area contributed by atoms with Gasteiger partial charge < -0.3 is 20.4 Å². The van der Waals surface area contributed by atoms with E-state index in [0.29, 0.717) is 30.8 Å². The van der Waals surface area contributed by atoms with Crippen molar-refractivity contribution in [1.82, 2.24) is 4.90 Å². The van der Waals surface area contributed by atoms with Crippen molar-refractivity contribution >= 4 is 29.0 Å². The van der Waals surface area contributed by atoms with Crippen molar-refractivity contribution in [2.24, 2.45) is 5.92 Å². The van der Waals surface area contributed by atoms with E-state index in [9.17, 15) is 22.8 Å². The Kier molecular flexibility index (Phi) is 7.00. The second-order valence-electron chi connectivity index (χ2n) is 9.00. The summed E-state index contributed by atoms with van der Waals surface area (Å²) >= 11 is 0. The van der Waals surface area contributed by atoms with Crippen LogP contribution in [0.15, 0.2) is 42.5 Å². The Morgan fingerprint density at radius 3 is 2.44 bits per heavy atom. The summed E-state index contributed by atoms with van der Waals surface area (Å²) in [6, 6.07) is 10.7. The van der Waals surface area contributed by atoms with Crippen molar-refractivity contribution in [3.05, 3.63) is 53.6 Å². The number of hydrogen-bond acceptors (Lipinski definition) is 3. The number of aryl methyl sites for hydroxylation is 1. The molecule has 3 amide bonds. The van der Waals surface area contributed by atoms with Crippen LogP contribution in [0.4, 0.5) is 35.0 Å². The van der Waals surface area contributed by atoms with Gasteiger partial charge in [-0.05, 0) is 68.5 Å². The van der Waals surface area contributed by atoms with Gasteiger partial charge in [-0.3, -0.25) is 4.79 Å². The maximum absolute atomic E-state index is 13.3. The van der Waals surface area contributed by atoms with Crippen LogP contribution in [0.1, 0.15) is 36.8 Å². The number of hydrogen-bond donors (Lipinski definition) is 2. The van der Waals surface area contributed by atoms with Gasteiger partial charge in [-0.25, -0.2) is 4.79 Å². The first-order valence-corrected chi connectivity index (χ1v) is 11.6. The molecule has 0 bridgehead atoms. The number of nitrogens with zero attached hydrogens (tertiary/aromatic N) is 2. The Bertz CT molecular complexity index is 1050. The van der Waals surface area contributed by atoms with Crippen molar-refractivity contribution in [2.75, 3.05) is 41.7 Å². The number of anilines is 3. The molecule has 2 aromatic rings. The zero-order valence-corrected chi connectivity index (χ0v) is 19.1. The normalized spacial score (nSPS) is 18.6. The van der Waals surface area contributed by atoms with Gasteiger partial charge in [0.25, 0.3) is 0 Å². The molecule has 2 saturated heterocycles. The van der Waals surface area contributed by atoms with Gasteiger partial charge in [0.05, 0.1) is 22.9 Å². The van der Waals surface area contributed by atoms with Crippen LogP contribution in [0.5, 0.6) is 0 Å². The molecule has 0 saturated carbocycles. The number of carbonyl (C=O) groups excluding carboxylic acids is 2. The summed E-state index contributed by atoms with van der Waals surface area (Å²) in [6.45, 7) is 4.14. The van der Waals surface area contributed by atoms with Gasteiger partial charge in [-0.2, -0.15) is 13.2 Å². The Morgan fingerprint density at radius 2 is 1.74 bits per heavy atom. The largest absolute Gasteiger partial charge is 0.416 e. The molecule has 0 aromatic heterocycles. The third-order valence-corrected chi connectivity index (χ3v) is 6.38. The van der Waals surface area contributed by atoms with Crippen LogP contribution >= 0.6 is 0 Å². The van der Waals surface area contributed by atoms with Crippen LogP contribution in [0.2, 0.25) is 0 Å². The average Bonchev–Trinajstić information content (AvgIpc) is 3.33. The number of nitrogens with one attached hydrogen (secondary N) is 2. The topological polar surface area (TPSA) is 64.7 Å². The number of benzene rings is 2. The summed E-state index contributed by atoms with van der Waals surface area (Å²) in [4.78, 5) is 29.4. The number of rotatable bonds is 4. The Balaban J connectivity index is 1.46. The third-order valence-electron chi connectivity index (χ3n) is 6.38. The summed E-state index contributed by atoms with van der Waals surface area (Å²) < 4.78 is 40.0. The molecule has 34 heavy (non-hydrogen) atoms. The number of urea groups is 1. The molecule has 2 aromatic carbocycles. The summed E-state index contributed by atoms with van der Waals surface area (Å²) in [5.74, 6) is -0.870. The molecule has 6 nitrogen and oxygen atoms in total. The van der Waals surface area contributed by atoms with Gasteiger partial charge in [0.1, 0.15) is 0 Å². The van der Waals surface area contributed by atoms with Crippen molar-refractivity contribution in [1.29, 1.82) is 0 Å². The summed E-state index contributed by atoms with van der Waals surface area (Å²) in [7, 11) is 0. The zero-order valence-electron chi connectivity index (χ0n) is 19.1. The zero-order chi connectivity index (χ0) is 24.3. The SMILES string of the molecule is Cc1cccc(NC(=O)N2CCCC(C(=O)Nc3cc(C(F)(F)F)ccc3N3CCCC3)C2)c1. The summed E-state index contributed by atoms with van der Waals surface area (Å²) in [5, 5.41) is 5.60. The van der Waals surface area contributed by atoms with Gasteiger partial charge >= 0.3 is 12.2 Å². The maximum Gasteiger partial charge on any atom is 0.416 e. The van der Waals surface area contributed by atoms with E-state index in [1.165, 1.54) is 6.07 Å². The van der Waals surface area contributed by atoms with Gasteiger partial charge in [-0.15, -0.1) is 0 Å². The molecular formula is C25H29F3N4O2. The van der Waals surface area contributed by atoms with Crippen LogP contribution in [0.25, 0.3) is 0 Å². The van der Waals surface area contributed by atoms with Crippen molar-refractivity contribution < 1.29 is 22.8 Å². The van der Waals surface area contributed by atoms with Crippen LogP contribution in [0.3, 0.4) is 0 Å². The van der Waals surface area contributed by atoms with Gasteiger partial charge in [-0.1, -0.05) is 12.1 Å². The van der Waals surface area contributed by atoms with E-state index in [1.807, 2.05) is 30.0 Å². The Hall–Kier alpha value is -3.23. The average molecular weight is 475 g/mol. The van der Waals surface area contributed by atoms with E-state index >= 15 is 0 Å². The van der Waals surface area contributed by atoms with Crippen LogP contribution in [-0.2, 0) is 11.0 Å². The van der Waals surface area contributed by atoms with E-state index in [0.717, 1.165) is 43.6 Å². The molecule has 2 heterocycles. The fourth-order valence-corrected chi connectivity index (χ4v) is 4.58. The number of amides is 3. The van der Waals surface area contributed by atoms with Gasteiger partial charge in [0.15, 0.2) is 0 Å². The minimum atomic E-state index is -4.50. The highest BCUT2D eigenvalue weighted by atomic mass is 19.4. The number of halogens is 3. The molecule has 0 radical (unpaired) electrons. The lowest BCUT2D eigenvalue weighted by Crippen LogP contribution is -2.45. The minimum Gasteiger partial charge on any atom is -0.370 e. The lowest BCUT2D eigenvalue weighted by atomic mass is 9.97. The van der Waals surface area contributed by atoms with Gasteiger partial charge in [0, 0.05) is 31.9 Å². The molecule has 0 aliphatic carbocycles. The predicted molar refractivity (Wildman–Crippen MR) is 126 cm³/mol. The maximum atomic E-state index is 13.3. The molecular weight excluding hydrogens is 445 g/mol. The highest BCUT2D eigenvalue weighted by Gasteiger charge is 2.33. The smallest absolute Gasteiger partial charge is 0.370 e. The molecule has 0 spiro atoms. The first-order valence-electron chi connectivity index (χ1n) is 11.6. The van der Waals surface area contributed by atoms with E-state index in [1.54, 1.807) is 11.0 Å². The Labute approximate surface area is 197 Å². The van der Waals surface area contributed by atoms with Crippen molar-refractivity contribution in [3.63, 3.8) is 0 Å². The lowest BCUT2D eigenvalue weighted by molar-refractivity contribution is -0.137. The van der Waals surface area contributed by atoms with Crippen LogP contribution in [-0.4, -0.2) is 43.0 Å². The van der Waals surface area contributed by atoms with Crippen molar-refractivity contribution in [2.45, 2.75) is 38.8 Å².